The highest BCUT2D eigenvalue weighted by Gasteiger charge is 2.29. The second-order valence-electron chi connectivity index (χ2n) is 19.4. The van der Waals surface area contributed by atoms with Gasteiger partial charge in [0.25, 0.3) is 0 Å². The van der Waals surface area contributed by atoms with E-state index in [9.17, 15) is 0 Å². The lowest BCUT2D eigenvalue weighted by Crippen LogP contribution is -2.13. The first kappa shape index (κ1) is 50.0. The summed E-state index contributed by atoms with van der Waals surface area (Å²) >= 11 is 1.95. The molecule has 4 aliphatic rings. The molecule has 2 heteroatoms. The summed E-state index contributed by atoms with van der Waals surface area (Å²) in [6.45, 7) is 38.3. The molecule has 4 aromatic carbocycles. The first-order valence-electron chi connectivity index (χ1n) is 23.4. The average Bonchev–Trinajstić information content (AvgIpc) is 3.58. The van der Waals surface area contributed by atoms with Crippen LogP contribution in [-0.2, 0) is 6.42 Å². The molecule has 0 saturated heterocycles. The van der Waals surface area contributed by atoms with Crippen LogP contribution < -0.4 is 4.74 Å². The lowest BCUT2D eigenvalue weighted by Gasteiger charge is -2.25. The van der Waals surface area contributed by atoms with Crippen LogP contribution in [0, 0.1) is 0 Å². The number of hydrogen-bond acceptors (Lipinski definition) is 2. The SMILES string of the molecule is CC(C)=C1C(=C(C)C)C(C)c2ccccc21.CC(C)=C1CCc2ccccc2C1=C(C)C.CC(C)=C1COc2ccccc2C1=C(C)C.CC(C)=C1CSc2ccccc2C1=C(C)C. The van der Waals surface area contributed by atoms with Crippen molar-refractivity contribution in [2.45, 2.75) is 141 Å². The monoisotopic (exact) mass is 869 g/mol. The van der Waals surface area contributed by atoms with Crippen molar-refractivity contribution in [3.63, 3.8) is 0 Å². The molecule has 0 radical (unpaired) electrons. The zero-order valence-corrected chi connectivity index (χ0v) is 43.3. The molecule has 0 saturated carbocycles. The summed E-state index contributed by atoms with van der Waals surface area (Å²) in [5.74, 6) is 2.66. The molecule has 0 N–H and O–H groups in total. The van der Waals surface area contributed by atoms with E-state index in [2.05, 4.69) is 203 Å². The van der Waals surface area contributed by atoms with Gasteiger partial charge in [0.2, 0.25) is 0 Å². The number of hydrogen-bond donors (Lipinski definition) is 0. The van der Waals surface area contributed by atoms with E-state index in [1.165, 1.54) is 135 Å². The highest BCUT2D eigenvalue weighted by molar-refractivity contribution is 7.99. The van der Waals surface area contributed by atoms with Gasteiger partial charge in [-0.1, -0.05) is 136 Å². The van der Waals surface area contributed by atoms with Gasteiger partial charge in [-0.3, -0.25) is 0 Å². The third kappa shape index (κ3) is 11.2. The van der Waals surface area contributed by atoms with Crippen molar-refractivity contribution < 1.29 is 4.74 Å². The van der Waals surface area contributed by atoms with Crippen LogP contribution in [0.4, 0.5) is 0 Å². The zero-order valence-electron chi connectivity index (χ0n) is 42.5. The van der Waals surface area contributed by atoms with Crippen molar-refractivity contribution in [1.29, 1.82) is 0 Å². The van der Waals surface area contributed by atoms with Crippen LogP contribution in [0.3, 0.4) is 0 Å². The number of thioether (sulfide) groups is 1. The smallest absolute Gasteiger partial charge is 0.127 e. The Morgan fingerprint density at radius 1 is 0.422 bits per heavy atom. The van der Waals surface area contributed by atoms with Crippen molar-refractivity contribution in [3.8, 4) is 5.75 Å². The van der Waals surface area contributed by atoms with Crippen LogP contribution in [0.5, 0.6) is 5.75 Å². The molecule has 1 atom stereocenters. The van der Waals surface area contributed by atoms with Crippen molar-refractivity contribution in [2.75, 3.05) is 12.4 Å². The minimum absolute atomic E-state index is 0.547. The van der Waals surface area contributed by atoms with Gasteiger partial charge in [-0.15, -0.1) is 11.8 Å². The molecule has 336 valence electrons. The van der Waals surface area contributed by atoms with Crippen molar-refractivity contribution in [2.24, 2.45) is 0 Å². The summed E-state index contributed by atoms with van der Waals surface area (Å²) in [5, 5.41) is 0. The molecule has 0 fully saturated rings. The molecule has 1 nitrogen and oxygen atoms in total. The normalized spacial score (nSPS) is 15.6. The molecule has 0 bridgehead atoms. The van der Waals surface area contributed by atoms with Crippen molar-refractivity contribution in [1.82, 2.24) is 0 Å². The Kier molecular flexibility index (Phi) is 17.4. The molecule has 2 heterocycles. The first-order chi connectivity index (χ1) is 30.4. The molecule has 2 aliphatic heterocycles. The van der Waals surface area contributed by atoms with Crippen LogP contribution in [0.2, 0.25) is 0 Å². The number of benzene rings is 4. The Morgan fingerprint density at radius 3 is 1.45 bits per heavy atom. The van der Waals surface area contributed by atoms with Gasteiger partial charge in [-0.05, 0) is 208 Å². The standard InChI is InChI=1S/2C16H20.C15H18O.C15H18S/c1-10(2)15-12(5)13-8-6-7-9-14(13)16(15)11(3)4;1-11(2)14-10-9-13-7-5-6-8-15(13)16(14)12(3)4;2*1-10(2)13-9-16-14-8-6-5-7-12(14)15(13)11(3)4/h6-9,12H,1-5H3;5-8H,9-10H2,1-4H3;2*5-8H,9H2,1-4H3. The maximum Gasteiger partial charge on any atom is 0.127 e. The van der Waals surface area contributed by atoms with Crippen molar-refractivity contribution >= 4 is 34.1 Å². The summed E-state index contributed by atoms with van der Waals surface area (Å²) in [4.78, 5) is 1.42. The number of ether oxygens (including phenoxy) is 1. The van der Waals surface area contributed by atoms with Gasteiger partial charge >= 0.3 is 0 Å². The highest BCUT2D eigenvalue weighted by atomic mass is 32.2. The fourth-order valence-corrected chi connectivity index (χ4v) is 11.0. The Hall–Kier alpha value is -5.05. The van der Waals surface area contributed by atoms with Gasteiger partial charge in [0.1, 0.15) is 12.4 Å². The summed E-state index contributed by atoms with van der Waals surface area (Å²) in [6, 6.07) is 34.6. The second kappa shape index (κ2) is 22.2. The van der Waals surface area contributed by atoms with E-state index in [-0.39, 0.29) is 0 Å². The summed E-state index contributed by atoms with van der Waals surface area (Å²) in [6.07, 6.45) is 2.38. The van der Waals surface area contributed by atoms with E-state index < -0.39 is 0 Å². The van der Waals surface area contributed by atoms with Gasteiger partial charge in [0.15, 0.2) is 0 Å². The number of fused-ring (bicyclic) bond motifs is 4. The lowest BCUT2D eigenvalue weighted by atomic mass is 9.80. The van der Waals surface area contributed by atoms with Gasteiger partial charge in [0.05, 0.1) is 0 Å². The molecular weight excluding hydrogens is 793 g/mol. The molecular formula is C62H76OS. The van der Waals surface area contributed by atoms with Crippen LogP contribution in [-0.4, -0.2) is 12.4 Å². The van der Waals surface area contributed by atoms with Crippen LogP contribution in [0.1, 0.15) is 163 Å². The Bertz CT molecular complexity index is 2400. The number of para-hydroxylation sites is 1. The van der Waals surface area contributed by atoms with Crippen LogP contribution in [0.15, 0.2) is 169 Å². The predicted octanol–water partition coefficient (Wildman–Crippen LogP) is 18.8. The number of rotatable bonds is 0. The first-order valence-corrected chi connectivity index (χ1v) is 24.3. The average molecular weight is 869 g/mol. The minimum Gasteiger partial charge on any atom is -0.488 e. The molecule has 1 unspecified atom stereocenters. The Labute approximate surface area is 393 Å². The summed E-state index contributed by atoms with van der Waals surface area (Å²) in [5.41, 5.74) is 31.6. The molecule has 0 spiro atoms. The van der Waals surface area contributed by atoms with E-state index >= 15 is 0 Å². The lowest BCUT2D eigenvalue weighted by molar-refractivity contribution is 0.347. The van der Waals surface area contributed by atoms with E-state index in [1.807, 2.05) is 23.9 Å². The van der Waals surface area contributed by atoms with E-state index in [0.29, 0.717) is 12.5 Å². The quantitative estimate of drug-likeness (QED) is 0.174. The summed E-state index contributed by atoms with van der Waals surface area (Å²) < 4.78 is 5.79. The van der Waals surface area contributed by atoms with E-state index in [4.69, 9.17) is 4.74 Å². The largest absolute Gasteiger partial charge is 0.488 e. The molecule has 2 aliphatic carbocycles. The minimum atomic E-state index is 0.547. The van der Waals surface area contributed by atoms with Gasteiger partial charge < -0.3 is 4.74 Å². The van der Waals surface area contributed by atoms with Crippen LogP contribution >= 0.6 is 11.8 Å². The second-order valence-corrected chi connectivity index (χ2v) is 20.4. The van der Waals surface area contributed by atoms with Crippen LogP contribution in [0.25, 0.3) is 22.3 Å². The molecule has 0 amide bonds. The molecule has 8 rings (SSSR count). The topological polar surface area (TPSA) is 9.23 Å². The fourth-order valence-electron chi connectivity index (χ4n) is 9.74. The van der Waals surface area contributed by atoms with Gasteiger partial charge in [0, 0.05) is 22.1 Å². The Morgan fingerprint density at radius 2 is 0.891 bits per heavy atom. The van der Waals surface area contributed by atoms with E-state index in [1.54, 1.807) is 5.57 Å². The molecule has 64 heavy (non-hydrogen) atoms. The highest BCUT2D eigenvalue weighted by Crippen LogP contribution is 2.48. The predicted molar refractivity (Wildman–Crippen MR) is 285 cm³/mol. The van der Waals surface area contributed by atoms with Gasteiger partial charge in [-0.25, -0.2) is 0 Å². The van der Waals surface area contributed by atoms with E-state index in [0.717, 1.165) is 11.5 Å². The van der Waals surface area contributed by atoms with Gasteiger partial charge in [-0.2, -0.15) is 0 Å². The third-order valence-electron chi connectivity index (χ3n) is 12.6. The zero-order chi connectivity index (χ0) is 47.0. The maximum atomic E-state index is 5.79. The molecule has 0 aromatic heterocycles. The number of allylic oxidation sites excluding steroid dienone is 13. The van der Waals surface area contributed by atoms with Crippen molar-refractivity contribution in [3.05, 3.63) is 197 Å². The molecule has 4 aromatic rings. The number of aryl methyl sites for hydroxylation is 1. The summed E-state index contributed by atoms with van der Waals surface area (Å²) in [7, 11) is 0. The Balaban J connectivity index is 0.000000161. The third-order valence-corrected chi connectivity index (χ3v) is 13.7. The maximum absolute atomic E-state index is 5.79. The fraction of sp³-hybridized carbons (Fsp3) is 0.355.